The lowest BCUT2D eigenvalue weighted by Gasteiger charge is -2.35. The van der Waals surface area contributed by atoms with E-state index in [4.69, 9.17) is 4.74 Å². The molecule has 1 N–H and O–H groups in total. The Bertz CT molecular complexity index is 981. The lowest BCUT2D eigenvalue weighted by molar-refractivity contribution is -0.0683. The number of nitrogens with one attached hydrogen (secondary N) is 1. The summed E-state index contributed by atoms with van der Waals surface area (Å²) < 4.78 is 47.2. The molecule has 1 aromatic heterocycles. The fraction of sp³-hybridized carbons (Fsp3) is 0.500. The van der Waals surface area contributed by atoms with E-state index in [2.05, 4.69) is 10.3 Å². The number of nitrogens with zero attached hydrogens (tertiary/aromatic N) is 1. The highest BCUT2D eigenvalue weighted by atomic mass is 19.3. The molecule has 1 saturated heterocycles. The minimum absolute atomic E-state index is 0.0391. The molecule has 2 heterocycles. The molecule has 1 unspecified atom stereocenters. The van der Waals surface area contributed by atoms with Gasteiger partial charge in [-0.2, -0.15) is 0 Å². The number of amides is 1. The number of fused-ring (bicyclic) bond motifs is 1. The molecule has 0 radical (unpaired) electrons. The van der Waals surface area contributed by atoms with Crippen molar-refractivity contribution in [1.82, 2.24) is 10.3 Å². The highest BCUT2D eigenvalue weighted by Gasteiger charge is 2.60. The zero-order valence-electron chi connectivity index (χ0n) is 17.1. The van der Waals surface area contributed by atoms with Crippen molar-refractivity contribution in [2.24, 2.45) is 17.8 Å². The molecule has 2 saturated carbocycles. The molecule has 1 amide bonds. The third kappa shape index (κ3) is 3.90. The molecule has 3 fully saturated rings. The molecular weight excluding hydrogens is 405 g/mol. The lowest BCUT2D eigenvalue weighted by Crippen LogP contribution is -2.40. The number of ether oxygens (including phenoxy) is 1. The van der Waals surface area contributed by atoms with Gasteiger partial charge in [0.05, 0.1) is 6.54 Å². The summed E-state index contributed by atoms with van der Waals surface area (Å²) in [4.78, 5) is 16.4. The van der Waals surface area contributed by atoms with Gasteiger partial charge in [-0.05, 0) is 61.3 Å². The number of carbonyl (C=O) groups is 1. The van der Waals surface area contributed by atoms with Crippen LogP contribution in [0.5, 0.6) is 0 Å². The summed E-state index contributed by atoms with van der Waals surface area (Å²) in [7, 11) is 0. The van der Waals surface area contributed by atoms with E-state index in [1.165, 1.54) is 12.1 Å². The molecule has 1 spiro atoms. The van der Waals surface area contributed by atoms with Crippen LogP contribution in [0.3, 0.4) is 0 Å². The third-order valence-corrected chi connectivity index (χ3v) is 7.33. The summed E-state index contributed by atoms with van der Waals surface area (Å²) in [6, 6.07) is 10.2. The highest BCUT2D eigenvalue weighted by Crippen LogP contribution is 2.57. The van der Waals surface area contributed by atoms with Gasteiger partial charge in [0.1, 0.15) is 11.4 Å². The maximum Gasteiger partial charge on any atom is 0.407 e. The molecule has 31 heavy (non-hydrogen) atoms. The van der Waals surface area contributed by atoms with Crippen LogP contribution in [0.4, 0.5) is 18.0 Å². The number of alkyl halides is 2. The molecule has 2 aliphatic carbocycles. The van der Waals surface area contributed by atoms with Gasteiger partial charge in [-0.15, -0.1) is 0 Å². The monoisotopic (exact) mass is 430 g/mol. The number of halogens is 3. The summed E-state index contributed by atoms with van der Waals surface area (Å²) >= 11 is 0. The van der Waals surface area contributed by atoms with Gasteiger partial charge in [0.2, 0.25) is 5.92 Å². The fourth-order valence-corrected chi connectivity index (χ4v) is 5.98. The molecule has 5 rings (SSSR count). The average Bonchev–Trinajstić information content (AvgIpc) is 3.24. The van der Waals surface area contributed by atoms with E-state index in [1.807, 2.05) is 18.2 Å². The maximum absolute atomic E-state index is 14.0. The number of aryl methyl sites for hydroxylation is 1. The first-order chi connectivity index (χ1) is 14.8. The predicted octanol–water partition coefficient (Wildman–Crippen LogP) is 5.37. The van der Waals surface area contributed by atoms with Crippen LogP contribution in [-0.2, 0) is 11.2 Å². The first-order valence-electron chi connectivity index (χ1n) is 10.9. The lowest BCUT2D eigenvalue weighted by atomic mass is 9.74. The van der Waals surface area contributed by atoms with Crippen molar-refractivity contribution in [3.63, 3.8) is 0 Å². The van der Waals surface area contributed by atoms with Crippen LogP contribution >= 0.6 is 0 Å². The van der Waals surface area contributed by atoms with E-state index >= 15 is 0 Å². The quantitative estimate of drug-likeness (QED) is 0.710. The van der Waals surface area contributed by atoms with E-state index in [9.17, 15) is 18.0 Å². The van der Waals surface area contributed by atoms with Crippen LogP contribution in [-0.4, -0.2) is 29.1 Å². The van der Waals surface area contributed by atoms with Crippen molar-refractivity contribution in [2.45, 2.75) is 50.0 Å². The Morgan fingerprint density at radius 2 is 2.03 bits per heavy atom. The Balaban J connectivity index is 1.31. The summed E-state index contributed by atoms with van der Waals surface area (Å²) in [5.41, 5.74) is 1.80. The second-order valence-electron chi connectivity index (χ2n) is 9.23. The number of alkyl carbamates (subject to hydrolysis) is 1. The summed E-state index contributed by atoms with van der Waals surface area (Å²) in [6.07, 6.45) is 3.44. The van der Waals surface area contributed by atoms with Gasteiger partial charge in [-0.3, -0.25) is 4.98 Å². The standard InChI is InChI=1S/C24H25F3N2O2/c25-18-3-1-2-15(10-18)16-4-5-19(28-13-16)6-7-21-20-8-9-24(26,27)12-17(20)11-23(21)14-29-22(30)31-23/h1-5,10,13,17,20-21H,6-9,11-12,14H2,(H,29,30)/t17-,20-,21+,23?/m0/s1. The minimum atomic E-state index is -2.62. The van der Waals surface area contributed by atoms with Crippen molar-refractivity contribution in [3.8, 4) is 11.1 Å². The highest BCUT2D eigenvalue weighted by molar-refractivity contribution is 5.70. The van der Waals surface area contributed by atoms with Gasteiger partial charge in [0.15, 0.2) is 0 Å². The van der Waals surface area contributed by atoms with Gasteiger partial charge >= 0.3 is 6.09 Å². The molecule has 1 aliphatic heterocycles. The van der Waals surface area contributed by atoms with Crippen LogP contribution in [0.2, 0.25) is 0 Å². The van der Waals surface area contributed by atoms with Crippen molar-refractivity contribution in [3.05, 3.63) is 54.1 Å². The normalized spacial score (nSPS) is 31.3. The molecule has 2 aromatic rings. The zero-order valence-corrected chi connectivity index (χ0v) is 17.1. The van der Waals surface area contributed by atoms with Gasteiger partial charge in [-0.25, -0.2) is 18.0 Å². The molecule has 4 nitrogen and oxygen atoms in total. The number of aromatic nitrogens is 1. The van der Waals surface area contributed by atoms with Gasteiger partial charge in [-0.1, -0.05) is 18.2 Å². The molecule has 164 valence electrons. The zero-order chi connectivity index (χ0) is 21.6. The SMILES string of the molecule is O=C1NCC2(C[C@H]3CC(F)(F)CC[C@@H]3[C@H]2CCc2ccc(-c3cccc(F)c3)cn2)O1. The van der Waals surface area contributed by atoms with E-state index < -0.39 is 17.6 Å². The number of carbonyl (C=O) groups excluding carboxylic acids is 1. The molecule has 7 heteroatoms. The minimum Gasteiger partial charge on any atom is -0.441 e. The Labute approximate surface area is 179 Å². The molecule has 4 atom stereocenters. The van der Waals surface area contributed by atoms with Crippen molar-refractivity contribution in [2.75, 3.05) is 6.54 Å². The average molecular weight is 430 g/mol. The molecular formula is C24H25F3N2O2. The number of benzene rings is 1. The van der Waals surface area contributed by atoms with Crippen LogP contribution in [0, 0.1) is 23.6 Å². The van der Waals surface area contributed by atoms with Gasteiger partial charge < -0.3 is 10.1 Å². The van der Waals surface area contributed by atoms with Crippen LogP contribution in [0.25, 0.3) is 11.1 Å². The third-order valence-electron chi connectivity index (χ3n) is 7.33. The van der Waals surface area contributed by atoms with Crippen LogP contribution in [0.1, 0.15) is 37.8 Å². The number of hydrogen-bond donors (Lipinski definition) is 1. The Kier molecular flexibility index (Phi) is 4.94. The molecule has 3 aliphatic rings. The van der Waals surface area contributed by atoms with Crippen molar-refractivity contribution in [1.29, 1.82) is 0 Å². The van der Waals surface area contributed by atoms with E-state index in [1.54, 1.807) is 12.3 Å². The first-order valence-corrected chi connectivity index (χ1v) is 10.9. The van der Waals surface area contributed by atoms with Crippen molar-refractivity contribution >= 4 is 6.09 Å². The second-order valence-corrected chi connectivity index (χ2v) is 9.23. The Hall–Kier alpha value is -2.57. The van der Waals surface area contributed by atoms with Crippen LogP contribution < -0.4 is 5.32 Å². The predicted molar refractivity (Wildman–Crippen MR) is 109 cm³/mol. The van der Waals surface area contributed by atoms with E-state index in [0.717, 1.165) is 23.2 Å². The number of hydrogen-bond acceptors (Lipinski definition) is 3. The van der Waals surface area contributed by atoms with Gasteiger partial charge in [0.25, 0.3) is 0 Å². The second kappa shape index (κ2) is 7.53. The van der Waals surface area contributed by atoms with E-state index in [-0.39, 0.29) is 36.4 Å². The summed E-state index contributed by atoms with van der Waals surface area (Å²) in [5.74, 6) is -2.86. The number of pyridine rings is 1. The van der Waals surface area contributed by atoms with Crippen molar-refractivity contribution < 1.29 is 22.7 Å². The first kappa shape index (κ1) is 20.3. The topological polar surface area (TPSA) is 51.2 Å². The Morgan fingerprint density at radius 3 is 2.74 bits per heavy atom. The summed E-state index contributed by atoms with van der Waals surface area (Å²) in [6.45, 7) is 0.390. The van der Waals surface area contributed by atoms with Gasteiger partial charge in [0, 0.05) is 36.2 Å². The smallest absolute Gasteiger partial charge is 0.407 e. The van der Waals surface area contributed by atoms with Crippen LogP contribution in [0.15, 0.2) is 42.6 Å². The Morgan fingerprint density at radius 1 is 1.16 bits per heavy atom. The molecule has 0 bridgehead atoms. The fourth-order valence-electron chi connectivity index (χ4n) is 5.98. The molecule has 1 aromatic carbocycles. The maximum atomic E-state index is 14.0. The summed E-state index contributed by atoms with van der Waals surface area (Å²) in [5, 5.41) is 2.75. The largest absolute Gasteiger partial charge is 0.441 e. The van der Waals surface area contributed by atoms with E-state index in [0.29, 0.717) is 25.8 Å². The number of rotatable bonds is 4.